The summed E-state index contributed by atoms with van der Waals surface area (Å²) in [6.45, 7) is 2.72. The van der Waals surface area contributed by atoms with E-state index in [1.54, 1.807) is 12.1 Å². The van der Waals surface area contributed by atoms with Crippen LogP contribution in [0.1, 0.15) is 30.0 Å². The molecule has 0 saturated carbocycles. The molecule has 0 radical (unpaired) electrons. The van der Waals surface area contributed by atoms with Gasteiger partial charge in [0.1, 0.15) is 0 Å². The third-order valence-electron chi connectivity index (χ3n) is 4.60. The van der Waals surface area contributed by atoms with Crippen molar-refractivity contribution >= 4 is 15.7 Å². The van der Waals surface area contributed by atoms with Crippen LogP contribution in [-0.2, 0) is 10.0 Å². The molecule has 28 heavy (non-hydrogen) atoms. The molecule has 0 fully saturated rings. The highest BCUT2D eigenvalue weighted by Gasteiger charge is 2.21. The molecule has 4 nitrogen and oxygen atoms in total. The molecule has 3 aromatic carbocycles. The number of hydrogen-bond donors (Lipinski definition) is 2. The van der Waals surface area contributed by atoms with Gasteiger partial charge in [-0.1, -0.05) is 66.2 Å². The predicted molar refractivity (Wildman–Crippen MR) is 115 cm³/mol. The van der Waals surface area contributed by atoms with Gasteiger partial charge in [-0.15, -0.1) is 0 Å². The summed E-state index contributed by atoms with van der Waals surface area (Å²) in [5, 5.41) is 3.37. The van der Waals surface area contributed by atoms with Gasteiger partial charge in [-0.3, -0.25) is 0 Å². The maximum absolute atomic E-state index is 12.9. The molecule has 2 N–H and O–H groups in total. The fourth-order valence-corrected chi connectivity index (χ4v) is 4.31. The van der Waals surface area contributed by atoms with Crippen LogP contribution < -0.4 is 10.0 Å². The zero-order valence-electron chi connectivity index (χ0n) is 16.0. The van der Waals surface area contributed by atoms with Gasteiger partial charge in [0.15, 0.2) is 0 Å². The van der Waals surface area contributed by atoms with E-state index in [0.717, 1.165) is 29.8 Å². The highest BCUT2D eigenvalue weighted by Crippen LogP contribution is 2.22. The molecule has 1 atom stereocenters. The predicted octanol–water partition coefficient (Wildman–Crippen LogP) is 4.91. The molecule has 0 spiro atoms. The lowest BCUT2D eigenvalue weighted by Gasteiger charge is -2.20. The summed E-state index contributed by atoms with van der Waals surface area (Å²) in [4.78, 5) is 0.293. The Bertz CT molecular complexity index is 957. The van der Waals surface area contributed by atoms with E-state index < -0.39 is 10.0 Å². The van der Waals surface area contributed by atoms with Crippen LogP contribution in [0.15, 0.2) is 89.8 Å². The van der Waals surface area contributed by atoms with Crippen molar-refractivity contribution < 1.29 is 8.42 Å². The third-order valence-corrected chi connectivity index (χ3v) is 6.09. The molecule has 0 aromatic heterocycles. The summed E-state index contributed by atoms with van der Waals surface area (Å²) in [6.07, 6.45) is 1.54. The Morgan fingerprint density at radius 2 is 1.43 bits per heavy atom. The van der Waals surface area contributed by atoms with Crippen LogP contribution >= 0.6 is 0 Å². The number of sulfonamides is 1. The molecule has 5 heteroatoms. The van der Waals surface area contributed by atoms with Gasteiger partial charge in [-0.05, 0) is 49.6 Å². The van der Waals surface area contributed by atoms with Gasteiger partial charge in [0.05, 0.1) is 4.90 Å². The van der Waals surface area contributed by atoms with Crippen LogP contribution in [0.25, 0.3) is 0 Å². The van der Waals surface area contributed by atoms with Crippen molar-refractivity contribution in [2.24, 2.45) is 0 Å². The van der Waals surface area contributed by atoms with Crippen molar-refractivity contribution in [2.45, 2.75) is 30.7 Å². The molecular weight excluding hydrogens is 368 g/mol. The maximum atomic E-state index is 12.9. The summed E-state index contributed by atoms with van der Waals surface area (Å²) >= 11 is 0. The highest BCUT2D eigenvalue weighted by molar-refractivity contribution is 7.89. The summed E-state index contributed by atoms with van der Waals surface area (Å²) in [6, 6.07) is 26.4. The minimum atomic E-state index is -3.58. The quantitative estimate of drug-likeness (QED) is 0.507. The maximum Gasteiger partial charge on any atom is 0.241 e. The fourth-order valence-electron chi connectivity index (χ4n) is 3.05. The molecule has 0 aliphatic heterocycles. The van der Waals surface area contributed by atoms with Gasteiger partial charge < -0.3 is 5.32 Å². The van der Waals surface area contributed by atoms with E-state index in [-0.39, 0.29) is 6.04 Å². The van der Waals surface area contributed by atoms with E-state index in [0.29, 0.717) is 11.3 Å². The van der Waals surface area contributed by atoms with Gasteiger partial charge in [0.25, 0.3) is 0 Å². The molecular formula is C23H26N2O2S. The lowest BCUT2D eigenvalue weighted by molar-refractivity contribution is 0.533. The minimum Gasteiger partial charge on any atom is -0.385 e. The van der Waals surface area contributed by atoms with Crippen molar-refractivity contribution in [2.75, 3.05) is 11.9 Å². The van der Waals surface area contributed by atoms with Gasteiger partial charge in [0, 0.05) is 18.3 Å². The van der Waals surface area contributed by atoms with Crippen molar-refractivity contribution in [3.8, 4) is 0 Å². The molecule has 0 saturated heterocycles. The van der Waals surface area contributed by atoms with Gasteiger partial charge in [-0.2, -0.15) is 0 Å². The zero-order valence-corrected chi connectivity index (χ0v) is 16.8. The molecule has 0 amide bonds. The highest BCUT2D eigenvalue weighted by atomic mass is 32.2. The topological polar surface area (TPSA) is 58.2 Å². The lowest BCUT2D eigenvalue weighted by atomic mass is 10.0. The molecule has 1 unspecified atom stereocenters. The number of para-hydroxylation sites is 1. The number of anilines is 1. The second-order valence-corrected chi connectivity index (χ2v) is 8.55. The normalized spacial score (nSPS) is 12.5. The second kappa shape index (κ2) is 9.53. The molecule has 3 aromatic rings. The standard InChI is InChI=1S/C23H26N2O2S/c1-19-14-16-22(17-15-19)28(26,27)25-23(20-9-4-2-5-10-20)13-8-18-24-21-11-6-3-7-12-21/h2-7,9-12,14-17,23-25H,8,13,18H2,1H3. The fraction of sp³-hybridized carbons (Fsp3) is 0.217. The van der Waals surface area contributed by atoms with E-state index in [9.17, 15) is 8.42 Å². The average Bonchev–Trinajstić information content (AvgIpc) is 2.72. The molecule has 0 aliphatic rings. The van der Waals surface area contributed by atoms with Gasteiger partial charge in [0.2, 0.25) is 10.0 Å². The van der Waals surface area contributed by atoms with Crippen molar-refractivity contribution in [3.63, 3.8) is 0 Å². The number of rotatable bonds is 9. The van der Waals surface area contributed by atoms with Crippen LogP contribution in [0.3, 0.4) is 0 Å². The number of benzene rings is 3. The minimum absolute atomic E-state index is 0.273. The summed E-state index contributed by atoms with van der Waals surface area (Å²) in [5.74, 6) is 0. The molecule has 3 rings (SSSR count). The van der Waals surface area contributed by atoms with Crippen LogP contribution in [0.5, 0.6) is 0 Å². The number of hydrogen-bond acceptors (Lipinski definition) is 3. The number of nitrogens with one attached hydrogen (secondary N) is 2. The second-order valence-electron chi connectivity index (χ2n) is 6.83. The van der Waals surface area contributed by atoms with Crippen LogP contribution in [-0.4, -0.2) is 15.0 Å². The van der Waals surface area contributed by atoms with Crippen LogP contribution in [0, 0.1) is 6.92 Å². The Morgan fingerprint density at radius 3 is 2.07 bits per heavy atom. The summed E-state index contributed by atoms with van der Waals surface area (Å²) in [7, 11) is -3.58. The lowest BCUT2D eigenvalue weighted by Crippen LogP contribution is -2.29. The van der Waals surface area contributed by atoms with E-state index in [4.69, 9.17) is 0 Å². The van der Waals surface area contributed by atoms with E-state index in [1.807, 2.05) is 79.7 Å². The monoisotopic (exact) mass is 394 g/mol. The zero-order chi connectivity index (χ0) is 19.8. The van der Waals surface area contributed by atoms with Gasteiger partial charge >= 0.3 is 0 Å². The number of aryl methyl sites for hydroxylation is 1. The van der Waals surface area contributed by atoms with Crippen LogP contribution in [0.4, 0.5) is 5.69 Å². The van der Waals surface area contributed by atoms with E-state index in [2.05, 4.69) is 10.0 Å². The Morgan fingerprint density at radius 1 is 0.821 bits per heavy atom. The van der Waals surface area contributed by atoms with E-state index in [1.165, 1.54) is 0 Å². The van der Waals surface area contributed by atoms with Crippen molar-refractivity contribution in [3.05, 3.63) is 96.1 Å². The Balaban J connectivity index is 1.68. The first-order valence-corrected chi connectivity index (χ1v) is 11.0. The Labute approximate surface area is 167 Å². The smallest absolute Gasteiger partial charge is 0.241 e. The molecule has 0 bridgehead atoms. The van der Waals surface area contributed by atoms with Gasteiger partial charge in [-0.25, -0.2) is 13.1 Å². The molecule has 0 heterocycles. The summed E-state index contributed by atoms with van der Waals surface area (Å²) < 4.78 is 28.6. The Hall–Kier alpha value is -2.63. The van der Waals surface area contributed by atoms with Crippen LogP contribution in [0.2, 0.25) is 0 Å². The molecule has 0 aliphatic carbocycles. The first-order valence-electron chi connectivity index (χ1n) is 9.47. The first kappa shape index (κ1) is 20.1. The van der Waals surface area contributed by atoms with Crippen molar-refractivity contribution in [1.29, 1.82) is 0 Å². The average molecular weight is 395 g/mol. The van der Waals surface area contributed by atoms with E-state index >= 15 is 0 Å². The molecule has 146 valence electrons. The first-order chi connectivity index (χ1) is 13.5. The third kappa shape index (κ3) is 5.68. The SMILES string of the molecule is Cc1ccc(S(=O)(=O)NC(CCCNc2ccccc2)c2ccccc2)cc1. The largest absolute Gasteiger partial charge is 0.385 e. The summed E-state index contributed by atoms with van der Waals surface area (Å²) in [5.41, 5.74) is 3.07. The van der Waals surface area contributed by atoms with Crippen molar-refractivity contribution in [1.82, 2.24) is 4.72 Å². The Kier molecular flexibility index (Phi) is 6.85.